The van der Waals surface area contributed by atoms with Crippen molar-refractivity contribution in [3.63, 3.8) is 0 Å². The molecule has 7 nitrogen and oxygen atoms in total. The van der Waals surface area contributed by atoms with Crippen molar-refractivity contribution in [2.24, 2.45) is 5.92 Å². The summed E-state index contributed by atoms with van der Waals surface area (Å²) >= 11 is 1.37. The van der Waals surface area contributed by atoms with Crippen molar-refractivity contribution in [2.45, 2.75) is 51.2 Å². The molecular weight excluding hydrogens is 366 g/mol. The Morgan fingerprint density at radius 3 is 2.70 bits per heavy atom. The van der Waals surface area contributed by atoms with Crippen LogP contribution in [0.4, 0.5) is 5.00 Å². The van der Waals surface area contributed by atoms with E-state index in [-0.39, 0.29) is 30.2 Å². The zero-order valence-corrected chi connectivity index (χ0v) is 16.3. The second-order valence-corrected chi connectivity index (χ2v) is 8.88. The van der Waals surface area contributed by atoms with Crippen LogP contribution in [0.2, 0.25) is 0 Å². The predicted molar refractivity (Wildman–Crippen MR) is 102 cm³/mol. The van der Waals surface area contributed by atoms with Crippen LogP contribution in [0.15, 0.2) is 0 Å². The second-order valence-electron chi connectivity index (χ2n) is 7.77. The summed E-state index contributed by atoms with van der Waals surface area (Å²) in [5.41, 5.74) is 1.51. The minimum atomic E-state index is -0.933. The number of aliphatic hydroxyl groups excluding tert-OH is 1. The number of fused-ring (bicyclic) bond motifs is 3. The summed E-state index contributed by atoms with van der Waals surface area (Å²) in [6.45, 7) is 0.930. The molecule has 1 aliphatic carbocycles. The van der Waals surface area contributed by atoms with Gasteiger partial charge in [-0.1, -0.05) is 19.3 Å². The van der Waals surface area contributed by atoms with Gasteiger partial charge in [-0.05, 0) is 30.7 Å². The first-order chi connectivity index (χ1) is 13.0. The fraction of sp³-hybridized carbons (Fsp3) is 0.632. The van der Waals surface area contributed by atoms with E-state index in [0.29, 0.717) is 30.1 Å². The fourth-order valence-electron chi connectivity index (χ4n) is 4.39. The first-order valence-corrected chi connectivity index (χ1v) is 10.4. The monoisotopic (exact) mass is 391 g/mol. The molecule has 1 aromatic heterocycles. The number of nitrogens with one attached hydrogen (secondary N) is 1. The Hall–Kier alpha value is -1.93. The molecule has 0 aromatic carbocycles. The van der Waals surface area contributed by atoms with Crippen molar-refractivity contribution >= 4 is 34.1 Å². The van der Waals surface area contributed by atoms with E-state index in [1.165, 1.54) is 22.7 Å². The average molecular weight is 391 g/mol. The van der Waals surface area contributed by atoms with Gasteiger partial charge >= 0.3 is 0 Å². The van der Waals surface area contributed by atoms with Crippen LogP contribution in [0.1, 0.15) is 52.9 Å². The predicted octanol–water partition coefficient (Wildman–Crippen LogP) is 1.60. The van der Waals surface area contributed by atoms with Gasteiger partial charge in [0, 0.05) is 18.5 Å². The van der Waals surface area contributed by atoms with E-state index in [9.17, 15) is 19.5 Å². The molecule has 0 radical (unpaired) electrons. The normalized spacial score (nSPS) is 22.0. The highest BCUT2D eigenvalue weighted by molar-refractivity contribution is 7.17. The molecule has 4 rings (SSSR count). The third-order valence-corrected chi connectivity index (χ3v) is 7.04. The number of carbonyl (C=O) groups excluding carboxylic acids is 3. The first kappa shape index (κ1) is 18.4. The van der Waals surface area contributed by atoms with Crippen LogP contribution < -0.4 is 5.32 Å². The average Bonchev–Trinajstić information content (AvgIpc) is 2.98. The van der Waals surface area contributed by atoms with Crippen LogP contribution in [-0.4, -0.2) is 58.9 Å². The molecule has 0 unspecified atom stereocenters. The standard InChI is InChI=1S/C19H25N3O4S/c1-21-10-14(23)20-17-15(18(21)25)12-7-8-22(9-13(12)27-17)19(26)16(24)11-5-3-2-4-6-11/h11,16,24H,2-10H2,1H3,(H,20,23)/t16-/m1/s1. The van der Waals surface area contributed by atoms with Gasteiger partial charge in [-0.3, -0.25) is 14.4 Å². The number of hydrogen-bond acceptors (Lipinski definition) is 5. The number of hydrogen-bond donors (Lipinski definition) is 2. The van der Waals surface area contributed by atoms with Crippen LogP contribution in [0, 0.1) is 5.92 Å². The Morgan fingerprint density at radius 1 is 1.22 bits per heavy atom. The molecule has 1 aromatic rings. The number of anilines is 1. The Morgan fingerprint density at radius 2 is 1.96 bits per heavy atom. The Labute approximate surface area is 162 Å². The third-order valence-electron chi connectivity index (χ3n) is 5.91. The lowest BCUT2D eigenvalue weighted by Gasteiger charge is -2.33. The molecule has 27 heavy (non-hydrogen) atoms. The topological polar surface area (TPSA) is 90.0 Å². The van der Waals surface area contributed by atoms with E-state index in [4.69, 9.17) is 0 Å². The molecule has 1 fully saturated rings. The van der Waals surface area contributed by atoms with Crippen LogP contribution in [-0.2, 0) is 22.6 Å². The summed E-state index contributed by atoms with van der Waals surface area (Å²) in [4.78, 5) is 41.5. The van der Waals surface area contributed by atoms with E-state index < -0.39 is 6.10 Å². The largest absolute Gasteiger partial charge is 0.383 e. The van der Waals surface area contributed by atoms with Crippen molar-refractivity contribution in [1.82, 2.24) is 9.80 Å². The second kappa shape index (κ2) is 7.24. The maximum Gasteiger partial charge on any atom is 0.257 e. The molecule has 3 heterocycles. The summed E-state index contributed by atoms with van der Waals surface area (Å²) in [6, 6.07) is 0. The van der Waals surface area contributed by atoms with Gasteiger partial charge in [-0.15, -0.1) is 11.3 Å². The highest BCUT2D eigenvalue weighted by Gasteiger charge is 2.36. The Bertz CT molecular complexity index is 784. The quantitative estimate of drug-likeness (QED) is 0.801. The van der Waals surface area contributed by atoms with E-state index in [0.717, 1.165) is 36.1 Å². The van der Waals surface area contributed by atoms with E-state index in [2.05, 4.69) is 5.32 Å². The van der Waals surface area contributed by atoms with Gasteiger partial charge in [0.05, 0.1) is 18.7 Å². The SMILES string of the molecule is CN1CC(=O)Nc2sc3c(c2C1=O)CCN(C(=O)[C@H](O)C1CCCCC1)C3. The minimum absolute atomic E-state index is 0.0488. The number of amides is 3. The summed E-state index contributed by atoms with van der Waals surface area (Å²) in [6.07, 6.45) is 4.78. The summed E-state index contributed by atoms with van der Waals surface area (Å²) < 4.78 is 0. The van der Waals surface area contributed by atoms with Crippen molar-refractivity contribution in [1.29, 1.82) is 0 Å². The Balaban J connectivity index is 1.54. The third kappa shape index (κ3) is 3.36. The number of aliphatic hydroxyl groups is 1. The molecule has 0 spiro atoms. The lowest BCUT2D eigenvalue weighted by atomic mass is 9.84. The number of nitrogens with zero attached hydrogens (tertiary/aromatic N) is 2. The Kier molecular flexibility index (Phi) is 4.94. The van der Waals surface area contributed by atoms with Gasteiger partial charge < -0.3 is 20.2 Å². The van der Waals surface area contributed by atoms with Gasteiger partial charge in [-0.2, -0.15) is 0 Å². The van der Waals surface area contributed by atoms with E-state index >= 15 is 0 Å². The highest BCUT2D eigenvalue weighted by Crippen LogP contribution is 2.39. The molecule has 0 bridgehead atoms. The van der Waals surface area contributed by atoms with Gasteiger partial charge in [0.2, 0.25) is 5.91 Å². The van der Waals surface area contributed by atoms with Crippen LogP contribution in [0.3, 0.4) is 0 Å². The van der Waals surface area contributed by atoms with Crippen molar-refractivity contribution in [3.8, 4) is 0 Å². The van der Waals surface area contributed by atoms with Gasteiger partial charge in [0.15, 0.2) is 0 Å². The highest BCUT2D eigenvalue weighted by atomic mass is 32.1. The zero-order chi connectivity index (χ0) is 19.1. The van der Waals surface area contributed by atoms with Gasteiger partial charge in [0.1, 0.15) is 11.1 Å². The van der Waals surface area contributed by atoms with Crippen molar-refractivity contribution < 1.29 is 19.5 Å². The number of likely N-dealkylation sites (N-methyl/N-ethyl adjacent to an activating group) is 1. The van der Waals surface area contributed by atoms with Crippen LogP contribution in [0.25, 0.3) is 0 Å². The van der Waals surface area contributed by atoms with Crippen LogP contribution in [0.5, 0.6) is 0 Å². The maximum absolute atomic E-state index is 12.8. The number of rotatable bonds is 2. The smallest absolute Gasteiger partial charge is 0.257 e. The number of carbonyl (C=O) groups is 3. The molecule has 3 amide bonds. The van der Waals surface area contributed by atoms with Crippen LogP contribution >= 0.6 is 11.3 Å². The lowest BCUT2D eigenvalue weighted by Crippen LogP contribution is -2.45. The molecule has 1 saturated carbocycles. The molecule has 3 aliphatic rings. The lowest BCUT2D eigenvalue weighted by molar-refractivity contribution is -0.144. The van der Waals surface area contributed by atoms with Gasteiger partial charge in [-0.25, -0.2) is 0 Å². The maximum atomic E-state index is 12.8. The molecule has 0 saturated heterocycles. The van der Waals surface area contributed by atoms with Crippen molar-refractivity contribution in [3.05, 3.63) is 16.0 Å². The molecule has 2 N–H and O–H groups in total. The summed E-state index contributed by atoms with van der Waals surface area (Å²) in [5.74, 6) is -0.502. The zero-order valence-electron chi connectivity index (χ0n) is 15.5. The first-order valence-electron chi connectivity index (χ1n) is 9.62. The molecule has 146 valence electrons. The fourth-order valence-corrected chi connectivity index (χ4v) is 5.66. The van der Waals surface area contributed by atoms with Gasteiger partial charge in [0.25, 0.3) is 11.8 Å². The van der Waals surface area contributed by atoms with E-state index in [1.54, 1.807) is 11.9 Å². The molecular formula is C19H25N3O4S. The summed E-state index contributed by atoms with van der Waals surface area (Å²) in [7, 11) is 1.63. The molecule has 1 atom stereocenters. The molecule has 8 heteroatoms. The number of thiophene rings is 1. The van der Waals surface area contributed by atoms with Crippen molar-refractivity contribution in [2.75, 3.05) is 25.5 Å². The minimum Gasteiger partial charge on any atom is -0.383 e. The summed E-state index contributed by atoms with van der Waals surface area (Å²) in [5, 5.41) is 14.0. The van der Waals surface area contributed by atoms with E-state index in [1.807, 2.05) is 0 Å². The molecule has 2 aliphatic heterocycles.